The van der Waals surface area contributed by atoms with Crippen molar-refractivity contribution in [3.05, 3.63) is 56.4 Å². The second kappa shape index (κ2) is 7.98. The Hall–Kier alpha value is -2.91. The summed E-state index contributed by atoms with van der Waals surface area (Å²) in [6, 6.07) is 8.89. The largest absolute Gasteiger partial charge is 0.495 e. The smallest absolute Gasteiger partial charge is 0.252 e. The fourth-order valence-corrected chi connectivity index (χ4v) is 3.13. The molecule has 0 saturated heterocycles. The van der Waals surface area contributed by atoms with Gasteiger partial charge >= 0.3 is 0 Å². The van der Waals surface area contributed by atoms with Crippen LogP contribution in [0, 0.1) is 6.92 Å². The Kier molecular flexibility index (Phi) is 5.49. The van der Waals surface area contributed by atoms with Crippen molar-refractivity contribution in [3.8, 4) is 5.75 Å². The lowest BCUT2D eigenvalue weighted by Gasteiger charge is -2.07. The van der Waals surface area contributed by atoms with Crippen molar-refractivity contribution in [2.24, 2.45) is 5.10 Å². The number of nitrogens with one attached hydrogen (secondary N) is 3. The van der Waals surface area contributed by atoms with Crippen LogP contribution in [-0.2, 0) is 0 Å². The Morgan fingerprint density at radius 2 is 2.15 bits per heavy atom. The first-order chi connectivity index (χ1) is 12.5. The minimum atomic E-state index is -0.255. The molecule has 0 fully saturated rings. The van der Waals surface area contributed by atoms with Crippen molar-refractivity contribution in [3.63, 3.8) is 0 Å². The van der Waals surface area contributed by atoms with Crippen LogP contribution in [0.2, 0.25) is 5.15 Å². The van der Waals surface area contributed by atoms with Crippen LogP contribution < -0.4 is 21.0 Å². The zero-order valence-corrected chi connectivity index (χ0v) is 15.5. The normalized spacial score (nSPS) is 10.9. The fourth-order valence-electron chi connectivity index (χ4n) is 2.09. The third-order valence-corrected chi connectivity index (χ3v) is 4.49. The Labute approximate surface area is 157 Å². The SMILES string of the molecule is COc1ccccc1Nc1nc(Cl)c(/C=N/Nc2nc(C)cc(=O)[nH]2)s1. The lowest BCUT2D eigenvalue weighted by molar-refractivity contribution is 0.417. The van der Waals surface area contributed by atoms with E-state index >= 15 is 0 Å². The molecule has 0 aliphatic rings. The molecular formula is C16H15ClN6O2S. The molecule has 0 radical (unpaired) electrons. The van der Waals surface area contributed by atoms with Crippen molar-refractivity contribution in [2.45, 2.75) is 6.92 Å². The molecule has 3 aromatic rings. The number of aromatic amines is 1. The quantitative estimate of drug-likeness (QED) is 0.440. The molecule has 3 N–H and O–H groups in total. The maximum Gasteiger partial charge on any atom is 0.252 e. The Balaban J connectivity index is 1.72. The summed E-state index contributed by atoms with van der Waals surface area (Å²) < 4.78 is 5.30. The van der Waals surface area contributed by atoms with Gasteiger partial charge in [-0.05, 0) is 19.1 Å². The van der Waals surface area contributed by atoms with Gasteiger partial charge in [0.1, 0.15) is 5.75 Å². The van der Waals surface area contributed by atoms with Crippen LogP contribution in [0.25, 0.3) is 0 Å². The van der Waals surface area contributed by atoms with E-state index in [1.807, 2.05) is 24.3 Å². The van der Waals surface area contributed by atoms with Crippen molar-refractivity contribution >= 4 is 45.9 Å². The zero-order valence-electron chi connectivity index (χ0n) is 13.9. The Bertz CT molecular complexity index is 1000. The number of rotatable bonds is 6. The lowest BCUT2D eigenvalue weighted by atomic mass is 10.3. The number of thiazole rings is 1. The number of halogens is 1. The number of aromatic nitrogens is 3. The minimum Gasteiger partial charge on any atom is -0.495 e. The second-order valence-corrected chi connectivity index (χ2v) is 6.49. The third kappa shape index (κ3) is 4.38. The minimum absolute atomic E-state index is 0.249. The maximum absolute atomic E-state index is 11.4. The number of benzene rings is 1. The van der Waals surface area contributed by atoms with Crippen molar-refractivity contribution in [2.75, 3.05) is 17.9 Å². The summed E-state index contributed by atoms with van der Waals surface area (Å²) in [4.78, 5) is 23.0. The average molecular weight is 391 g/mol. The number of aryl methyl sites for hydroxylation is 1. The molecule has 10 heteroatoms. The number of hydrogen-bond donors (Lipinski definition) is 3. The molecule has 26 heavy (non-hydrogen) atoms. The van der Waals surface area contributed by atoms with Crippen LogP contribution in [0.4, 0.5) is 16.8 Å². The summed E-state index contributed by atoms with van der Waals surface area (Å²) in [5, 5.41) is 8.11. The summed E-state index contributed by atoms with van der Waals surface area (Å²) in [7, 11) is 1.60. The molecule has 0 aliphatic heterocycles. The summed E-state index contributed by atoms with van der Waals surface area (Å²) in [6.07, 6.45) is 1.51. The molecule has 2 aromatic heterocycles. The van der Waals surface area contributed by atoms with E-state index in [0.717, 1.165) is 5.69 Å². The van der Waals surface area contributed by atoms with Gasteiger partial charge in [0.25, 0.3) is 5.56 Å². The van der Waals surface area contributed by atoms with Gasteiger partial charge in [-0.15, -0.1) is 0 Å². The molecule has 3 rings (SSSR count). The first-order valence-corrected chi connectivity index (χ1v) is 8.68. The van der Waals surface area contributed by atoms with E-state index in [9.17, 15) is 4.79 Å². The maximum atomic E-state index is 11.4. The van der Waals surface area contributed by atoms with Crippen LogP contribution in [0.3, 0.4) is 0 Å². The molecule has 0 spiro atoms. The predicted octanol–water partition coefficient (Wildman–Crippen LogP) is 3.39. The summed E-state index contributed by atoms with van der Waals surface area (Å²) >= 11 is 7.48. The van der Waals surface area contributed by atoms with E-state index in [0.29, 0.717) is 26.6 Å². The molecule has 2 heterocycles. The van der Waals surface area contributed by atoms with Gasteiger partial charge in [0.2, 0.25) is 5.95 Å². The number of methoxy groups -OCH3 is 1. The van der Waals surface area contributed by atoms with Crippen molar-refractivity contribution < 1.29 is 4.74 Å². The first kappa shape index (κ1) is 17.9. The lowest BCUT2D eigenvalue weighted by Crippen LogP contribution is -2.10. The van der Waals surface area contributed by atoms with E-state index in [-0.39, 0.29) is 11.5 Å². The number of hydrogen-bond acceptors (Lipinski definition) is 8. The summed E-state index contributed by atoms with van der Waals surface area (Å²) in [5.41, 5.74) is 3.78. The van der Waals surface area contributed by atoms with Crippen LogP contribution in [0.15, 0.2) is 40.2 Å². The second-order valence-electron chi connectivity index (χ2n) is 5.10. The van der Waals surface area contributed by atoms with Gasteiger partial charge in [-0.25, -0.2) is 15.4 Å². The highest BCUT2D eigenvalue weighted by molar-refractivity contribution is 7.17. The molecule has 0 aliphatic carbocycles. The molecule has 8 nitrogen and oxygen atoms in total. The molecular weight excluding hydrogens is 376 g/mol. The van der Waals surface area contributed by atoms with Gasteiger partial charge in [0, 0.05) is 11.8 Å². The van der Waals surface area contributed by atoms with Crippen LogP contribution in [-0.4, -0.2) is 28.3 Å². The van der Waals surface area contributed by atoms with Gasteiger partial charge < -0.3 is 10.1 Å². The number of anilines is 3. The number of ether oxygens (including phenoxy) is 1. The molecule has 134 valence electrons. The Morgan fingerprint density at radius 1 is 1.35 bits per heavy atom. The number of hydrazone groups is 1. The highest BCUT2D eigenvalue weighted by atomic mass is 35.5. The van der Waals surface area contributed by atoms with E-state index < -0.39 is 0 Å². The van der Waals surface area contributed by atoms with Crippen molar-refractivity contribution in [1.82, 2.24) is 15.0 Å². The average Bonchev–Trinajstić information content (AvgIpc) is 2.94. The molecule has 0 amide bonds. The topological polar surface area (TPSA) is 104 Å². The standard InChI is InChI=1S/C16H15ClN6O2S/c1-9-7-13(24)21-15(19-9)23-18-8-12-14(17)22-16(26-12)20-10-5-3-4-6-11(10)25-2/h3-8H,1-2H3,(H,20,22)(H2,19,21,23,24)/b18-8+. The molecule has 0 atom stereocenters. The summed E-state index contributed by atoms with van der Waals surface area (Å²) in [5.74, 6) is 0.949. The van der Waals surface area contributed by atoms with Gasteiger partial charge in [-0.2, -0.15) is 5.10 Å². The van der Waals surface area contributed by atoms with Crippen molar-refractivity contribution in [1.29, 1.82) is 0 Å². The van der Waals surface area contributed by atoms with E-state index in [1.54, 1.807) is 14.0 Å². The van der Waals surface area contributed by atoms with Crippen LogP contribution in [0.1, 0.15) is 10.6 Å². The van der Waals surface area contributed by atoms with Gasteiger partial charge in [-0.3, -0.25) is 9.78 Å². The number of nitrogens with zero attached hydrogens (tertiary/aromatic N) is 3. The summed E-state index contributed by atoms with van der Waals surface area (Å²) in [6.45, 7) is 1.72. The third-order valence-electron chi connectivity index (χ3n) is 3.18. The Morgan fingerprint density at radius 3 is 2.92 bits per heavy atom. The van der Waals surface area contributed by atoms with Crippen LogP contribution >= 0.6 is 22.9 Å². The van der Waals surface area contributed by atoms with E-state index in [2.05, 4.69) is 30.8 Å². The van der Waals surface area contributed by atoms with Crippen LogP contribution in [0.5, 0.6) is 5.75 Å². The van der Waals surface area contributed by atoms with Gasteiger partial charge in [-0.1, -0.05) is 35.1 Å². The molecule has 0 unspecified atom stereocenters. The highest BCUT2D eigenvalue weighted by Crippen LogP contribution is 2.31. The molecule has 0 bridgehead atoms. The number of para-hydroxylation sites is 2. The monoisotopic (exact) mass is 390 g/mol. The van der Waals surface area contributed by atoms with E-state index in [4.69, 9.17) is 16.3 Å². The highest BCUT2D eigenvalue weighted by Gasteiger charge is 2.10. The predicted molar refractivity (Wildman–Crippen MR) is 104 cm³/mol. The molecule has 1 aromatic carbocycles. The van der Waals surface area contributed by atoms with Gasteiger partial charge in [0.05, 0.1) is 23.9 Å². The fraction of sp³-hybridized carbons (Fsp3) is 0.125. The van der Waals surface area contributed by atoms with Gasteiger partial charge in [0.15, 0.2) is 10.3 Å². The first-order valence-electron chi connectivity index (χ1n) is 7.48. The zero-order chi connectivity index (χ0) is 18.5. The molecule has 0 saturated carbocycles. The van der Waals surface area contributed by atoms with E-state index in [1.165, 1.54) is 23.6 Å². The number of H-pyrrole nitrogens is 1.